The first-order valence-electron chi connectivity index (χ1n) is 9.69. The average Bonchev–Trinajstić information content (AvgIpc) is 3.09. The molecule has 0 atom stereocenters. The average molecular weight is 420 g/mol. The number of urea groups is 1. The summed E-state index contributed by atoms with van der Waals surface area (Å²) in [4.78, 5) is 17.1. The largest absolute Gasteiger partial charge is 0.323 e. The molecule has 0 radical (unpaired) electrons. The third kappa shape index (κ3) is 5.07. The lowest BCUT2D eigenvalue weighted by molar-refractivity contribution is 0.262. The van der Waals surface area contributed by atoms with Crippen molar-refractivity contribution < 1.29 is 9.18 Å². The topological polar surface area (TPSA) is 53.5 Å². The molecule has 1 aliphatic rings. The number of carbonyl (C=O) groups excluding carboxylic acids is 1. The Balaban J connectivity index is 1.37. The molecule has 4 nitrogen and oxygen atoms in total. The second-order valence-electron chi connectivity index (χ2n) is 7.40. The highest BCUT2D eigenvalue weighted by Gasteiger charge is 2.16. The maximum absolute atomic E-state index is 13.0. The van der Waals surface area contributed by atoms with Crippen molar-refractivity contribution in [3.05, 3.63) is 88.7 Å². The quantitative estimate of drug-likeness (QED) is 0.500. The van der Waals surface area contributed by atoms with Gasteiger partial charge < -0.3 is 10.6 Å². The van der Waals surface area contributed by atoms with Crippen LogP contribution in [0.25, 0.3) is 0 Å². The Kier molecular flexibility index (Phi) is 5.86. The number of aliphatic imine (C=N–C) groups is 1. The van der Waals surface area contributed by atoms with Gasteiger partial charge in [0, 0.05) is 23.5 Å². The van der Waals surface area contributed by atoms with Gasteiger partial charge in [-0.3, -0.25) is 0 Å². The van der Waals surface area contributed by atoms with E-state index in [1.165, 1.54) is 12.1 Å². The molecule has 30 heavy (non-hydrogen) atoms. The molecule has 6 heteroatoms. The van der Waals surface area contributed by atoms with Crippen LogP contribution in [0, 0.1) is 19.7 Å². The van der Waals surface area contributed by atoms with E-state index >= 15 is 0 Å². The minimum Gasteiger partial charge on any atom is -0.308 e. The summed E-state index contributed by atoms with van der Waals surface area (Å²) in [7, 11) is 0. The number of halogens is 1. The Hall–Kier alpha value is -3.12. The van der Waals surface area contributed by atoms with Crippen LogP contribution >= 0.6 is 11.8 Å². The van der Waals surface area contributed by atoms with Crippen molar-refractivity contribution in [1.29, 1.82) is 0 Å². The molecule has 1 aliphatic heterocycles. The number of carbonyl (C=O) groups is 1. The molecule has 0 spiro atoms. The first-order chi connectivity index (χ1) is 14.4. The molecule has 0 saturated heterocycles. The van der Waals surface area contributed by atoms with Crippen molar-refractivity contribution in [3.8, 4) is 0 Å². The third-order valence-corrected chi connectivity index (χ3v) is 5.77. The maximum Gasteiger partial charge on any atom is 0.323 e. The van der Waals surface area contributed by atoms with Gasteiger partial charge >= 0.3 is 6.03 Å². The number of aryl methyl sites for hydroxylation is 2. The van der Waals surface area contributed by atoms with Crippen LogP contribution in [0.3, 0.4) is 0 Å². The second kappa shape index (κ2) is 8.71. The number of thioether (sulfide) groups is 1. The van der Waals surface area contributed by atoms with Crippen LogP contribution in [0.1, 0.15) is 22.3 Å². The Labute approximate surface area is 179 Å². The molecule has 0 fully saturated rings. The number of hydrogen-bond acceptors (Lipinski definition) is 3. The van der Waals surface area contributed by atoms with E-state index in [1.54, 1.807) is 23.9 Å². The van der Waals surface area contributed by atoms with Gasteiger partial charge in [-0.1, -0.05) is 24.3 Å². The van der Waals surface area contributed by atoms with Crippen molar-refractivity contribution in [2.75, 3.05) is 10.6 Å². The minimum absolute atomic E-state index is 0.226. The lowest BCUT2D eigenvalue weighted by Gasteiger charge is -2.10. The lowest BCUT2D eigenvalue weighted by Crippen LogP contribution is -2.19. The molecule has 152 valence electrons. The first-order valence-corrected chi connectivity index (χ1v) is 10.7. The monoisotopic (exact) mass is 419 g/mol. The Morgan fingerprint density at radius 2 is 1.67 bits per heavy atom. The third-order valence-electron chi connectivity index (χ3n) is 4.73. The van der Waals surface area contributed by atoms with Crippen molar-refractivity contribution >= 4 is 39.9 Å². The predicted octanol–water partition coefficient (Wildman–Crippen LogP) is 6.61. The summed E-state index contributed by atoms with van der Waals surface area (Å²) < 4.78 is 13.0. The highest BCUT2D eigenvalue weighted by molar-refractivity contribution is 8.13. The summed E-state index contributed by atoms with van der Waals surface area (Å²) in [6.07, 6.45) is 0.774. The fraction of sp³-hybridized carbons (Fsp3) is 0.167. The summed E-state index contributed by atoms with van der Waals surface area (Å²) in [5.41, 5.74) is 6.74. The van der Waals surface area contributed by atoms with Crippen molar-refractivity contribution in [2.24, 2.45) is 4.99 Å². The number of hydrogen-bond donors (Lipinski definition) is 2. The summed E-state index contributed by atoms with van der Waals surface area (Å²) in [6, 6.07) is 18.0. The Morgan fingerprint density at radius 3 is 2.40 bits per heavy atom. The summed E-state index contributed by atoms with van der Waals surface area (Å²) in [5.74, 6) is 0.521. The zero-order valence-electron chi connectivity index (χ0n) is 16.8. The van der Waals surface area contributed by atoms with Gasteiger partial charge in [0.25, 0.3) is 0 Å². The van der Waals surface area contributed by atoms with Crippen LogP contribution in [-0.2, 0) is 12.2 Å². The van der Waals surface area contributed by atoms with Crippen LogP contribution in [0.2, 0.25) is 0 Å². The van der Waals surface area contributed by atoms with E-state index < -0.39 is 0 Å². The summed E-state index contributed by atoms with van der Waals surface area (Å²) >= 11 is 1.65. The maximum atomic E-state index is 13.0. The SMILES string of the molecule is Cc1cc(C)cc(NC(=O)Nc2ccc3c(c2)N=C(SCc2ccc(F)cc2)C3)c1. The van der Waals surface area contributed by atoms with E-state index in [2.05, 4.69) is 16.7 Å². The molecule has 2 amide bonds. The van der Waals surface area contributed by atoms with Crippen molar-refractivity contribution in [2.45, 2.75) is 26.0 Å². The number of benzene rings is 3. The smallest absolute Gasteiger partial charge is 0.308 e. The van der Waals surface area contributed by atoms with Crippen molar-refractivity contribution in [3.63, 3.8) is 0 Å². The molecule has 0 aliphatic carbocycles. The molecule has 4 rings (SSSR count). The van der Waals surface area contributed by atoms with E-state index in [0.29, 0.717) is 5.69 Å². The van der Waals surface area contributed by atoms with Crippen LogP contribution < -0.4 is 10.6 Å². The molecular formula is C24H22FN3OS. The number of rotatable bonds is 4. The van der Waals surface area contributed by atoms with Gasteiger partial charge in [-0.2, -0.15) is 0 Å². The summed E-state index contributed by atoms with van der Waals surface area (Å²) in [6.45, 7) is 4.00. The van der Waals surface area contributed by atoms with Gasteiger partial charge in [-0.15, -0.1) is 11.8 Å². The van der Waals surface area contributed by atoms with E-state index in [1.807, 2.05) is 44.2 Å². The van der Waals surface area contributed by atoms with Gasteiger partial charge in [0.2, 0.25) is 0 Å². The molecule has 3 aromatic rings. The molecule has 1 heterocycles. The number of nitrogens with one attached hydrogen (secondary N) is 2. The highest BCUT2D eigenvalue weighted by atomic mass is 32.2. The number of fused-ring (bicyclic) bond motifs is 1. The van der Waals surface area contributed by atoms with Crippen LogP contribution in [-0.4, -0.2) is 11.1 Å². The molecule has 0 unspecified atom stereocenters. The lowest BCUT2D eigenvalue weighted by atomic mass is 10.1. The van der Waals surface area contributed by atoms with Gasteiger partial charge in [-0.05, 0) is 72.5 Å². The minimum atomic E-state index is -0.284. The van der Waals surface area contributed by atoms with Crippen molar-refractivity contribution in [1.82, 2.24) is 0 Å². The van der Waals surface area contributed by atoms with E-state index in [-0.39, 0.29) is 11.8 Å². The molecule has 0 aromatic heterocycles. The number of nitrogens with zero attached hydrogens (tertiary/aromatic N) is 1. The van der Waals surface area contributed by atoms with Crippen LogP contribution in [0.15, 0.2) is 65.7 Å². The highest BCUT2D eigenvalue weighted by Crippen LogP contribution is 2.33. The number of anilines is 2. The molecule has 3 aromatic carbocycles. The van der Waals surface area contributed by atoms with E-state index in [4.69, 9.17) is 4.99 Å². The first kappa shape index (κ1) is 20.2. The number of amides is 2. The molecule has 0 saturated carbocycles. The van der Waals surface area contributed by atoms with Gasteiger partial charge in [0.1, 0.15) is 5.82 Å². The fourth-order valence-corrected chi connectivity index (χ4v) is 4.35. The van der Waals surface area contributed by atoms with E-state index in [0.717, 1.165) is 50.8 Å². The fourth-order valence-electron chi connectivity index (χ4n) is 3.40. The molecular weight excluding hydrogens is 397 g/mol. The zero-order chi connectivity index (χ0) is 21.1. The van der Waals surface area contributed by atoms with Crippen LogP contribution in [0.4, 0.5) is 26.2 Å². The van der Waals surface area contributed by atoms with E-state index in [9.17, 15) is 9.18 Å². The molecule has 0 bridgehead atoms. The molecule has 2 N–H and O–H groups in total. The summed E-state index contributed by atoms with van der Waals surface area (Å²) in [5, 5.41) is 6.77. The van der Waals surface area contributed by atoms with Gasteiger partial charge in [-0.25, -0.2) is 14.2 Å². The second-order valence-corrected chi connectivity index (χ2v) is 8.45. The van der Waals surface area contributed by atoms with Gasteiger partial charge in [0.15, 0.2) is 0 Å². The normalized spacial score (nSPS) is 12.3. The standard InChI is InChI=1S/C24H22FN3OS/c1-15-9-16(2)11-21(10-15)27-24(29)26-20-8-5-18-12-23(28-22(18)13-20)30-14-17-3-6-19(25)7-4-17/h3-11,13H,12,14H2,1-2H3,(H2,26,27,29). The van der Waals surface area contributed by atoms with Crippen LogP contribution in [0.5, 0.6) is 0 Å². The predicted molar refractivity (Wildman–Crippen MR) is 123 cm³/mol. The Bertz CT molecular complexity index is 1110. The van der Waals surface area contributed by atoms with Gasteiger partial charge in [0.05, 0.1) is 10.7 Å². The Morgan fingerprint density at radius 1 is 0.967 bits per heavy atom. The zero-order valence-corrected chi connectivity index (χ0v) is 17.6.